The van der Waals surface area contributed by atoms with Gasteiger partial charge < -0.3 is 5.11 Å². The predicted molar refractivity (Wildman–Crippen MR) is 77.4 cm³/mol. The van der Waals surface area contributed by atoms with E-state index in [9.17, 15) is 5.11 Å². The molecule has 0 spiro atoms. The Morgan fingerprint density at radius 1 is 1.35 bits per heavy atom. The first-order valence-corrected chi connectivity index (χ1v) is 7.06. The minimum atomic E-state index is -0.396. The quantitative estimate of drug-likeness (QED) is 0.536. The number of hydrogen-bond donors (Lipinski definition) is 1. The van der Waals surface area contributed by atoms with Gasteiger partial charge in [-0.15, -0.1) is 6.58 Å². The number of aliphatic hydroxyl groups is 1. The van der Waals surface area contributed by atoms with E-state index >= 15 is 0 Å². The van der Waals surface area contributed by atoms with Crippen LogP contribution in [0.5, 0.6) is 0 Å². The molecule has 1 atom stereocenters. The van der Waals surface area contributed by atoms with Gasteiger partial charge in [0.05, 0.1) is 11.1 Å². The first kappa shape index (κ1) is 14.7. The second-order valence-electron chi connectivity index (χ2n) is 4.12. The fraction of sp³-hybridized carbons (Fsp3) is 0.429. The number of rotatable bonds is 7. The summed E-state index contributed by atoms with van der Waals surface area (Å²) in [5.41, 5.74) is 0.921. The molecule has 0 radical (unpaired) electrons. The zero-order valence-electron chi connectivity index (χ0n) is 9.83. The Balaban J connectivity index is 2.38. The van der Waals surface area contributed by atoms with Gasteiger partial charge in [0.25, 0.3) is 0 Å². The molecule has 17 heavy (non-hydrogen) atoms. The van der Waals surface area contributed by atoms with Crippen LogP contribution in [0.1, 0.15) is 43.8 Å². The zero-order chi connectivity index (χ0) is 12.7. The third-order valence-corrected chi connectivity index (χ3v) is 3.93. The van der Waals surface area contributed by atoms with Crippen molar-refractivity contribution < 1.29 is 5.11 Å². The maximum atomic E-state index is 10.0. The summed E-state index contributed by atoms with van der Waals surface area (Å²) in [7, 11) is 0. The third-order valence-electron chi connectivity index (χ3n) is 2.71. The van der Waals surface area contributed by atoms with E-state index in [1.165, 1.54) is 0 Å². The summed E-state index contributed by atoms with van der Waals surface area (Å²) < 4.78 is 0.836. The number of halogens is 2. The van der Waals surface area contributed by atoms with Gasteiger partial charge in [0.1, 0.15) is 0 Å². The fourth-order valence-corrected chi connectivity index (χ4v) is 2.20. The molecule has 1 rings (SSSR count). The lowest BCUT2D eigenvalue weighted by Crippen LogP contribution is -1.97. The second kappa shape index (κ2) is 7.91. The molecule has 0 bridgehead atoms. The molecule has 0 fully saturated rings. The van der Waals surface area contributed by atoms with Gasteiger partial charge in [-0.2, -0.15) is 0 Å². The van der Waals surface area contributed by atoms with Gasteiger partial charge in [0.15, 0.2) is 0 Å². The van der Waals surface area contributed by atoms with Crippen LogP contribution >= 0.6 is 27.5 Å². The van der Waals surface area contributed by atoms with Crippen molar-refractivity contribution in [3.8, 4) is 0 Å². The van der Waals surface area contributed by atoms with E-state index in [-0.39, 0.29) is 0 Å². The van der Waals surface area contributed by atoms with Crippen molar-refractivity contribution in [3.05, 3.63) is 45.9 Å². The van der Waals surface area contributed by atoms with Crippen LogP contribution < -0.4 is 0 Å². The molecule has 1 aromatic carbocycles. The summed E-state index contributed by atoms with van der Waals surface area (Å²) in [5, 5.41) is 10.7. The lowest BCUT2D eigenvalue weighted by molar-refractivity contribution is 0.163. The van der Waals surface area contributed by atoms with Crippen LogP contribution in [-0.4, -0.2) is 5.11 Å². The minimum Gasteiger partial charge on any atom is -0.388 e. The van der Waals surface area contributed by atoms with Crippen LogP contribution in [0.25, 0.3) is 0 Å². The van der Waals surface area contributed by atoms with Gasteiger partial charge in [-0.3, -0.25) is 0 Å². The summed E-state index contributed by atoms with van der Waals surface area (Å²) >= 11 is 9.27. The SMILES string of the molecule is C=CCCCCCC(O)c1ccc(Cl)c(Br)c1. The Hall–Kier alpha value is -0.310. The highest BCUT2D eigenvalue weighted by Crippen LogP contribution is 2.28. The summed E-state index contributed by atoms with van der Waals surface area (Å²) in [6, 6.07) is 5.57. The third kappa shape index (κ3) is 5.24. The molecule has 0 aromatic heterocycles. The normalized spacial score (nSPS) is 12.4. The van der Waals surface area contributed by atoms with Gasteiger partial charge in [-0.25, -0.2) is 0 Å². The van der Waals surface area contributed by atoms with Gasteiger partial charge in [-0.1, -0.05) is 36.6 Å². The lowest BCUT2D eigenvalue weighted by atomic mass is 10.0. The van der Waals surface area contributed by atoms with Crippen molar-refractivity contribution >= 4 is 27.5 Å². The van der Waals surface area contributed by atoms with Gasteiger partial charge in [0, 0.05) is 4.47 Å². The summed E-state index contributed by atoms with van der Waals surface area (Å²) in [6.45, 7) is 3.69. The Morgan fingerprint density at radius 2 is 2.12 bits per heavy atom. The Kier molecular flexibility index (Phi) is 6.86. The molecular weight excluding hydrogens is 300 g/mol. The standard InChI is InChI=1S/C14H18BrClO/c1-2-3-4-5-6-7-14(17)11-8-9-13(16)12(15)10-11/h2,8-10,14,17H,1,3-7H2. The molecule has 0 saturated carbocycles. The molecule has 94 valence electrons. The van der Waals surface area contributed by atoms with Crippen LogP contribution in [0.15, 0.2) is 35.3 Å². The first-order valence-electron chi connectivity index (χ1n) is 5.89. The van der Waals surface area contributed by atoms with Gasteiger partial charge in [0.2, 0.25) is 0 Å². The minimum absolute atomic E-state index is 0.396. The van der Waals surface area contributed by atoms with E-state index in [0.717, 1.165) is 42.1 Å². The molecule has 1 aromatic rings. The molecule has 0 aliphatic rings. The van der Waals surface area contributed by atoms with Crippen LogP contribution in [0.4, 0.5) is 0 Å². The predicted octanol–water partition coefficient (Wildman–Crippen LogP) is 5.27. The van der Waals surface area contributed by atoms with Crippen LogP contribution in [0.2, 0.25) is 5.02 Å². The van der Waals surface area contributed by atoms with Gasteiger partial charge in [-0.05, 0) is 52.9 Å². The van der Waals surface area contributed by atoms with Crippen LogP contribution in [0, 0.1) is 0 Å². The largest absolute Gasteiger partial charge is 0.388 e. The highest BCUT2D eigenvalue weighted by Gasteiger charge is 2.08. The van der Waals surface area contributed by atoms with E-state index in [2.05, 4.69) is 22.5 Å². The Labute approximate surface area is 117 Å². The Morgan fingerprint density at radius 3 is 2.76 bits per heavy atom. The van der Waals surface area contributed by atoms with Crippen molar-refractivity contribution in [1.82, 2.24) is 0 Å². The molecule has 1 N–H and O–H groups in total. The summed E-state index contributed by atoms with van der Waals surface area (Å²) in [5.74, 6) is 0. The monoisotopic (exact) mass is 316 g/mol. The van der Waals surface area contributed by atoms with Crippen LogP contribution in [0.3, 0.4) is 0 Å². The number of hydrogen-bond acceptors (Lipinski definition) is 1. The van der Waals surface area contributed by atoms with Crippen molar-refractivity contribution in [2.75, 3.05) is 0 Å². The van der Waals surface area contributed by atoms with Crippen molar-refractivity contribution in [2.45, 2.75) is 38.2 Å². The van der Waals surface area contributed by atoms with Crippen molar-refractivity contribution in [3.63, 3.8) is 0 Å². The van der Waals surface area contributed by atoms with E-state index in [1.807, 2.05) is 24.3 Å². The molecule has 0 heterocycles. The van der Waals surface area contributed by atoms with Crippen LogP contribution in [-0.2, 0) is 0 Å². The van der Waals surface area contributed by atoms with E-state index in [4.69, 9.17) is 11.6 Å². The average molecular weight is 318 g/mol. The maximum Gasteiger partial charge on any atom is 0.0790 e. The second-order valence-corrected chi connectivity index (χ2v) is 5.38. The molecule has 1 unspecified atom stereocenters. The number of allylic oxidation sites excluding steroid dienone is 1. The fourth-order valence-electron chi connectivity index (χ4n) is 1.69. The molecule has 0 aliphatic heterocycles. The Bertz CT molecular complexity index is 365. The van der Waals surface area contributed by atoms with E-state index < -0.39 is 6.10 Å². The number of benzene rings is 1. The highest BCUT2D eigenvalue weighted by molar-refractivity contribution is 9.10. The van der Waals surface area contributed by atoms with E-state index in [0.29, 0.717) is 5.02 Å². The first-order chi connectivity index (χ1) is 8.15. The molecule has 0 saturated heterocycles. The molecule has 0 amide bonds. The number of unbranched alkanes of at least 4 members (excludes halogenated alkanes) is 3. The van der Waals surface area contributed by atoms with E-state index in [1.54, 1.807) is 0 Å². The van der Waals surface area contributed by atoms with Gasteiger partial charge >= 0.3 is 0 Å². The molecule has 1 nitrogen and oxygen atoms in total. The molecule has 3 heteroatoms. The molecule has 0 aliphatic carbocycles. The summed E-state index contributed by atoms with van der Waals surface area (Å²) in [4.78, 5) is 0. The smallest absolute Gasteiger partial charge is 0.0790 e. The summed E-state index contributed by atoms with van der Waals surface area (Å²) in [6.07, 6.45) is 6.72. The van der Waals surface area contributed by atoms with Crippen molar-refractivity contribution in [2.24, 2.45) is 0 Å². The zero-order valence-corrected chi connectivity index (χ0v) is 12.2. The maximum absolute atomic E-state index is 10.0. The van der Waals surface area contributed by atoms with Crippen molar-refractivity contribution in [1.29, 1.82) is 0 Å². The number of aliphatic hydroxyl groups excluding tert-OH is 1. The average Bonchev–Trinajstić information content (AvgIpc) is 2.32. The molecular formula is C14H18BrClO. The topological polar surface area (TPSA) is 20.2 Å². The highest BCUT2D eigenvalue weighted by atomic mass is 79.9. The lowest BCUT2D eigenvalue weighted by Gasteiger charge is -2.11.